The van der Waals surface area contributed by atoms with Crippen molar-refractivity contribution in [1.29, 1.82) is 0 Å². The summed E-state index contributed by atoms with van der Waals surface area (Å²) >= 11 is 6.04. The Morgan fingerprint density at radius 2 is 1.81 bits per heavy atom. The van der Waals surface area contributed by atoms with Gasteiger partial charge in [-0.2, -0.15) is 0 Å². The van der Waals surface area contributed by atoms with Crippen LogP contribution < -0.4 is 9.47 Å². The zero-order valence-corrected chi connectivity index (χ0v) is 12.7. The first-order chi connectivity index (χ1) is 10.2. The first-order valence-corrected chi connectivity index (χ1v) is 7.06. The van der Waals surface area contributed by atoms with Crippen molar-refractivity contribution < 1.29 is 9.47 Å². The highest BCUT2D eigenvalue weighted by Crippen LogP contribution is 2.28. The predicted octanol–water partition coefficient (Wildman–Crippen LogP) is 4.42. The Morgan fingerprint density at radius 1 is 1.05 bits per heavy atom. The van der Waals surface area contributed by atoms with E-state index in [1.54, 1.807) is 7.11 Å². The Labute approximate surface area is 128 Å². The SMILES string of the molecule is COc1ccccc1OCc1cc2cc(Cl)ccc2n1C. The fraction of sp³-hybridized carbons (Fsp3) is 0.176. The van der Waals surface area contributed by atoms with Crippen LogP contribution in [0.3, 0.4) is 0 Å². The van der Waals surface area contributed by atoms with Gasteiger partial charge in [0.05, 0.1) is 12.8 Å². The monoisotopic (exact) mass is 301 g/mol. The van der Waals surface area contributed by atoms with E-state index in [1.807, 2.05) is 49.5 Å². The molecule has 0 saturated heterocycles. The summed E-state index contributed by atoms with van der Waals surface area (Å²) in [5, 5.41) is 1.86. The number of ether oxygens (including phenoxy) is 2. The maximum Gasteiger partial charge on any atom is 0.161 e. The molecule has 0 amide bonds. The lowest BCUT2D eigenvalue weighted by atomic mass is 10.2. The summed E-state index contributed by atoms with van der Waals surface area (Å²) in [5.41, 5.74) is 2.22. The van der Waals surface area contributed by atoms with Crippen LogP contribution in [0, 0.1) is 0 Å². The topological polar surface area (TPSA) is 23.4 Å². The Morgan fingerprint density at radius 3 is 2.57 bits per heavy atom. The molecule has 1 heterocycles. The quantitative estimate of drug-likeness (QED) is 0.712. The van der Waals surface area contributed by atoms with Crippen molar-refractivity contribution in [2.24, 2.45) is 7.05 Å². The lowest BCUT2D eigenvalue weighted by molar-refractivity contribution is 0.278. The van der Waals surface area contributed by atoms with E-state index in [0.717, 1.165) is 33.1 Å². The molecule has 0 unspecified atom stereocenters. The second-order valence-electron chi connectivity index (χ2n) is 4.84. The van der Waals surface area contributed by atoms with Gasteiger partial charge in [0, 0.05) is 23.0 Å². The van der Waals surface area contributed by atoms with Crippen molar-refractivity contribution in [3.05, 3.63) is 59.2 Å². The number of fused-ring (bicyclic) bond motifs is 1. The number of para-hydroxylation sites is 2. The van der Waals surface area contributed by atoms with E-state index in [9.17, 15) is 0 Å². The maximum atomic E-state index is 6.04. The molecule has 0 saturated carbocycles. The van der Waals surface area contributed by atoms with Crippen LogP contribution in [0.4, 0.5) is 0 Å². The van der Waals surface area contributed by atoms with E-state index in [-0.39, 0.29) is 0 Å². The summed E-state index contributed by atoms with van der Waals surface area (Å²) in [6, 6.07) is 15.6. The third kappa shape index (κ3) is 2.69. The Hall–Kier alpha value is -2.13. The summed E-state index contributed by atoms with van der Waals surface area (Å²) in [7, 11) is 3.66. The number of benzene rings is 2. The van der Waals surface area contributed by atoms with Crippen LogP contribution in [0.2, 0.25) is 5.02 Å². The number of rotatable bonds is 4. The number of hydrogen-bond donors (Lipinski definition) is 0. The Balaban J connectivity index is 1.87. The molecule has 108 valence electrons. The van der Waals surface area contributed by atoms with Gasteiger partial charge >= 0.3 is 0 Å². The van der Waals surface area contributed by atoms with Gasteiger partial charge in [0.15, 0.2) is 11.5 Å². The summed E-state index contributed by atoms with van der Waals surface area (Å²) in [5.74, 6) is 1.47. The van der Waals surface area contributed by atoms with Gasteiger partial charge in [-0.3, -0.25) is 0 Å². The normalized spacial score (nSPS) is 10.8. The van der Waals surface area contributed by atoms with Gasteiger partial charge < -0.3 is 14.0 Å². The van der Waals surface area contributed by atoms with Crippen molar-refractivity contribution >= 4 is 22.5 Å². The molecule has 0 aliphatic rings. The largest absolute Gasteiger partial charge is 0.493 e. The highest BCUT2D eigenvalue weighted by Gasteiger charge is 2.08. The molecular formula is C17H16ClNO2. The first-order valence-electron chi connectivity index (χ1n) is 6.68. The van der Waals surface area contributed by atoms with Crippen LogP contribution >= 0.6 is 11.6 Å². The second-order valence-corrected chi connectivity index (χ2v) is 5.27. The molecule has 0 aliphatic heterocycles. The van der Waals surface area contributed by atoms with Crippen molar-refractivity contribution in [3.63, 3.8) is 0 Å². The minimum absolute atomic E-state index is 0.475. The highest BCUT2D eigenvalue weighted by molar-refractivity contribution is 6.31. The zero-order valence-electron chi connectivity index (χ0n) is 12.0. The van der Waals surface area contributed by atoms with Gasteiger partial charge in [-0.25, -0.2) is 0 Å². The van der Waals surface area contributed by atoms with E-state index >= 15 is 0 Å². The van der Waals surface area contributed by atoms with E-state index in [2.05, 4.69) is 10.6 Å². The molecule has 0 fully saturated rings. The zero-order chi connectivity index (χ0) is 14.8. The predicted molar refractivity (Wildman–Crippen MR) is 85.3 cm³/mol. The van der Waals surface area contributed by atoms with E-state index in [1.165, 1.54) is 0 Å². The first kappa shape index (κ1) is 13.8. The minimum Gasteiger partial charge on any atom is -0.493 e. The van der Waals surface area contributed by atoms with E-state index in [0.29, 0.717) is 6.61 Å². The average molecular weight is 302 g/mol. The molecule has 1 aromatic heterocycles. The lowest BCUT2D eigenvalue weighted by Gasteiger charge is -2.10. The minimum atomic E-state index is 0.475. The molecule has 21 heavy (non-hydrogen) atoms. The molecule has 0 spiro atoms. The van der Waals surface area contributed by atoms with Crippen molar-refractivity contribution in [1.82, 2.24) is 4.57 Å². The van der Waals surface area contributed by atoms with E-state index in [4.69, 9.17) is 21.1 Å². The van der Waals surface area contributed by atoms with Gasteiger partial charge in [-0.05, 0) is 36.4 Å². The number of aromatic nitrogens is 1. The van der Waals surface area contributed by atoms with Crippen LogP contribution in [0.1, 0.15) is 5.69 Å². The number of nitrogens with zero attached hydrogens (tertiary/aromatic N) is 1. The molecule has 0 aliphatic carbocycles. The molecule has 0 N–H and O–H groups in total. The number of aryl methyl sites for hydroxylation is 1. The third-order valence-electron chi connectivity index (χ3n) is 3.55. The summed E-state index contributed by atoms with van der Waals surface area (Å²) in [6.07, 6.45) is 0. The van der Waals surface area contributed by atoms with Crippen LogP contribution in [-0.4, -0.2) is 11.7 Å². The highest BCUT2D eigenvalue weighted by atomic mass is 35.5. The van der Waals surface area contributed by atoms with E-state index < -0.39 is 0 Å². The van der Waals surface area contributed by atoms with Crippen LogP contribution in [0.15, 0.2) is 48.5 Å². The molecule has 0 bridgehead atoms. The lowest BCUT2D eigenvalue weighted by Crippen LogP contribution is -2.02. The molecular weight excluding hydrogens is 286 g/mol. The van der Waals surface area contributed by atoms with Gasteiger partial charge in [-0.1, -0.05) is 23.7 Å². The maximum absolute atomic E-state index is 6.04. The summed E-state index contributed by atoms with van der Waals surface area (Å²) in [4.78, 5) is 0. The Kier molecular flexibility index (Phi) is 3.76. The molecule has 4 heteroatoms. The van der Waals surface area contributed by atoms with Crippen molar-refractivity contribution in [2.75, 3.05) is 7.11 Å². The van der Waals surface area contributed by atoms with Crippen LogP contribution in [0.25, 0.3) is 10.9 Å². The molecule has 3 rings (SSSR count). The standard InChI is InChI=1S/C17H16ClNO2/c1-19-14(10-12-9-13(18)7-8-15(12)19)11-21-17-6-4-3-5-16(17)20-2/h3-10H,11H2,1-2H3. The second kappa shape index (κ2) is 5.70. The number of methoxy groups -OCH3 is 1. The summed E-state index contributed by atoms with van der Waals surface area (Å²) < 4.78 is 13.3. The van der Waals surface area contributed by atoms with Crippen molar-refractivity contribution in [3.8, 4) is 11.5 Å². The summed E-state index contributed by atoms with van der Waals surface area (Å²) in [6.45, 7) is 0.475. The van der Waals surface area contributed by atoms with Gasteiger partial charge in [-0.15, -0.1) is 0 Å². The molecule has 3 nitrogen and oxygen atoms in total. The van der Waals surface area contributed by atoms with Crippen LogP contribution in [0.5, 0.6) is 11.5 Å². The average Bonchev–Trinajstić information content (AvgIpc) is 2.81. The molecule has 0 atom stereocenters. The fourth-order valence-electron chi connectivity index (χ4n) is 2.41. The van der Waals surface area contributed by atoms with Gasteiger partial charge in [0.1, 0.15) is 6.61 Å². The van der Waals surface area contributed by atoms with Gasteiger partial charge in [0.25, 0.3) is 0 Å². The smallest absolute Gasteiger partial charge is 0.161 e. The van der Waals surface area contributed by atoms with Crippen LogP contribution in [-0.2, 0) is 13.7 Å². The number of halogens is 1. The fourth-order valence-corrected chi connectivity index (χ4v) is 2.59. The Bertz CT molecular complexity index is 780. The third-order valence-corrected chi connectivity index (χ3v) is 3.78. The van der Waals surface area contributed by atoms with Gasteiger partial charge in [0.2, 0.25) is 0 Å². The number of hydrogen-bond acceptors (Lipinski definition) is 2. The molecule has 0 radical (unpaired) electrons. The van der Waals surface area contributed by atoms with Crippen molar-refractivity contribution in [2.45, 2.75) is 6.61 Å². The molecule has 3 aromatic rings. The molecule has 2 aromatic carbocycles.